The van der Waals surface area contributed by atoms with Crippen molar-refractivity contribution in [2.45, 2.75) is 38.1 Å². The molecule has 6 heteroatoms. The average Bonchev–Trinajstić information content (AvgIpc) is 2.36. The fourth-order valence-electron chi connectivity index (χ4n) is 1.85. The number of hydrogen-bond donors (Lipinski definition) is 2. The van der Waals surface area contributed by atoms with Gasteiger partial charge >= 0.3 is 5.97 Å². The molecule has 1 aromatic carbocycles. The van der Waals surface area contributed by atoms with E-state index in [2.05, 4.69) is 21.2 Å². The molecule has 2 N–H and O–H groups in total. The minimum absolute atomic E-state index is 0.213. The maximum Gasteiger partial charge on any atom is 0.326 e. The molecule has 0 saturated carbocycles. The lowest BCUT2D eigenvalue weighted by Crippen LogP contribution is -2.42. The van der Waals surface area contributed by atoms with Crippen molar-refractivity contribution in [2.24, 2.45) is 5.92 Å². The summed E-state index contributed by atoms with van der Waals surface area (Å²) in [6, 6.07) is 5.04. The SMILES string of the molecule is Cc1cc(Br)ccc1SCC(=O)N[C@@H](CC(C)C)C(=O)O. The maximum atomic E-state index is 11.9. The van der Waals surface area contributed by atoms with Crippen LogP contribution < -0.4 is 5.32 Å². The van der Waals surface area contributed by atoms with Gasteiger partial charge in [-0.2, -0.15) is 0 Å². The molecule has 0 saturated heterocycles. The molecule has 1 amide bonds. The highest BCUT2D eigenvalue weighted by Gasteiger charge is 2.21. The van der Waals surface area contributed by atoms with Gasteiger partial charge in [-0.25, -0.2) is 4.79 Å². The summed E-state index contributed by atoms with van der Waals surface area (Å²) in [5.74, 6) is -0.810. The Bertz CT molecular complexity index is 520. The van der Waals surface area contributed by atoms with Crippen LogP contribution >= 0.6 is 27.7 Å². The lowest BCUT2D eigenvalue weighted by Gasteiger charge is -2.16. The van der Waals surface area contributed by atoms with Gasteiger partial charge in [0.2, 0.25) is 5.91 Å². The molecule has 0 aliphatic carbocycles. The van der Waals surface area contributed by atoms with E-state index in [1.54, 1.807) is 0 Å². The predicted molar refractivity (Wildman–Crippen MR) is 88.6 cm³/mol. The number of thioether (sulfide) groups is 1. The van der Waals surface area contributed by atoms with Crippen LogP contribution in [0.4, 0.5) is 0 Å². The molecule has 116 valence electrons. The number of carbonyl (C=O) groups excluding carboxylic acids is 1. The van der Waals surface area contributed by atoms with Gasteiger partial charge < -0.3 is 10.4 Å². The van der Waals surface area contributed by atoms with Crippen molar-refractivity contribution < 1.29 is 14.7 Å². The Kier molecular flexibility index (Phi) is 7.25. The van der Waals surface area contributed by atoms with E-state index in [9.17, 15) is 9.59 Å². The molecule has 0 aromatic heterocycles. The number of benzene rings is 1. The number of nitrogens with one attached hydrogen (secondary N) is 1. The Morgan fingerprint density at radius 1 is 1.38 bits per heavy atom. The second kappa shape index (κ2) is 8.44. The zero-order chi connectivity index (χ0) is 16.0. The molecule has 0 unspecified atom stereocenters. The molecule has 1 rings (SSSR count). The smallest absolute Gasteiger partial charge is 0.326 e. The van der Waals surface area contributed by atoms with Gasteiger partial charge in [0.15, 0.2) is 0 Å². The maximum absolute atomic E-state index is 11.9. The van der Waals surface area contributed by atoms with E-state index in [4.69, 9.17) is 5.11 Å². The zero-order valence-electron chi connectivity index (χ0n) is 12.4. The normalized spacial score (nSPS) is 12.2. The van der Waals surface area contributed by atoms with Crippen LogP contribution in [0.3, 0.4) is 0 Å². The van der Waals surface area contributed by atoms with E-state index in [-0.39, 0.29) is 17.6 Å². The number of amides is 1. The number of aliphatic carboxylic acids is 1. The minimum atomic E-state index is -0.984. The molecule has 0 heterocycles. The average molecular weight is 374 g/mol. The zero-order valence-corrected chi connectivity index (χ0v) is 14.8. The van der Waals surface area contributed by atoms with Crippen molar-refractivity contribution in [3.8, 4) is 0 Å². The molecular formula is C15H20BrNO3S. The number of halogens is 1. The summed E-state index contributed by atoms with van der Waals surface area (Å²) in [5.41, 5.74) is 1.08. The van der Waals surface area contributed by atoms with E-state index < -0.39 is 12.0 Å². The van der Waals surface area contributed by atoms with Crippen molar-refractivity contribution in [2.75, 3.05) is 5.75 Å². The van der Waals surface area contributed by atoms with Gasteiger partial charge in [0.25, 0.3) is 0 Å². The summed E-state index contributed by atoms with van der Waals surface area (Å²) in [4.78, 5) is 24.0. The van der Waals surface area contributed by atoms with E-state index in [1.807, 2.05) is 39.0 Å². The van der Waals surface area contributed by atoms with Crippen molar-refractivity contribution >= 4 is 39.6 Å². The number of carbonyl (C=O) groups is 2. The van der Waals surface area contributed by atoms with Gasteiger partial charge in [0.1, 0.15) is 6.04 Å². The van der Waals surface area contributed by atoms with Crippen LogP contribution in [0.1, 0.15) is 25.8 Å². The van der Waals surface area contributed by atoms with E-state index in [0.717, 1.165) is 14.9 Å². The molecule has 0 bridgehead atoms. The van der Waals surface area contributed by atoms with Crippen molar-refractivity contribution in [1.82, 2.24) is 5.32 Å². The summed E-state index contributed by atoms with van der Waals surface area (Å²) in [5, 5.41) is 11.7. The largest absolute Gasteiger partial charge is 0.480 e. The second-order valence-electron chi connectivity index (χ2n) is 5.29. The molecule has 0 radical (unpaired) electrons. The summed E-state index contributed by atoms with van der Waals surface area (Å²) in [6.45, 7) is 5.84. The molecule has 4 nitrogen and oxygen atoms in total. The number of aryl methyl sites for hydroxylation is 1. The predicted octanol–water partition coefficient (Wildman–Crippen LogP) is 3.47. The third kappa shape index (κ3) is 6.52. The summed E-state index contributed by atoms with van der Waals surface area (Å²) >= 11 is 4.80. The van der Waals surface area contributed by atoms with Crippen LogP contribution in [0.5, 0.6) is 0 Å². The van der Waals surface area contributed by atoms with Gasteiger partial charge in [-0.3, -0.25) is 4.79 Å². The molecule has 21 heavy (non-hydrogen) atoms. The third-order valence-electron chi connectivity index (χ3n) is 2.84. The van der Waals surface area contributed by atoms with Crippen LogP contribution in [0, 0.1) is 12.8 Å². The van der Waals surface area contributed by atoms with Crippen LogP contribution in [-0.2, 0) is 9.59 Å². The van der Waals surface area contributed by atoms with Crippen LogP contribution in [0.2, 0.25) is 0 Å². The highest BCUT2D eigenvalue weighted by molar-refractivity contribution is 9.10. The van der Waals surface area contributed by atoms with Crippen LogP contribution in [-0.4, -0.2) is 28.8 Å². The van der Waals surface area contributed by atoms with Crippen molar-refractivity contribution in [3.05, 3.63) is 28.2 Å². The molecule has 0 spiro atoms. The van der Waals surface area contributed by atoms with Gasteiger partial charge in [-0.05, 0) is 43.0 Å². The third-order valence-corrected chi connectivity index (χ3v) is 4.51. The summed E-state index contributed by atoms with van der Waals surface area (Å²) in [7, 11) is 0. The molecule has 1 aromatic rings. The van der Waals surface area contributed by atoms with E-state index in [0.29, 0.717) is 6.42 Å². The monoisotopic (exact) mass is 373 g/mol. The van der Waals surface area contributed by atoms with Gasteiger partial charge in [-0.15, -0.1) is 11.8 Å². The highest BCUT2D eigenvalue weighted by atomic mass is 79.9. The lowest BCUT2D eigenvalue weighted by molar-refractivity contribution is -0.141. The Morgan fingerprint density at radius 3 is 2.57 bits per heavy atom. The van der Waals surface area contributed by atoms with Gasteiger partial charge in [-0.1, -0.05) is 29.8 Å². The molecule has 0 aliphatic heterocycles. The first-order valence-electron chi connectivity index (χ1n) is 6.70. The molecule has 0 fully saturated rings. The van der Waals surface area contributed by atoms with Crippen LogP contribution in [0.15, 0.2) is 27.6 Å². The fraction of sp³-hybridized carbons (Fsp3) is 0.467. The molecule has 0 aliphatic rings. The van der Waals surface area contributed by atoms with Gasteiger partial charge in [0, 0.05) is 9.37 Å². The first-order chi connectivity index (χ1) is 9.79. The first kappa shape index (κ1) is 18.0. The fourth-order valence-corrected chi connectivity index (χ4v) is 3.14. The van der Waals surface area contributed by atoms with Gasteiger partial charge in [0.05, 0.1) is 5.75 Å². The van der Waals surface area contributed by atoms with E-state index >= 15 is 0 Å². The number of hydrogen-bond acceptors (Lipinski definition) is 3. The standard InChI is InChI=1S/C15H20BrNO3S/c1-9(2)6-12(15(19)20)17-14(18)8-21-13-5-4-11(16)7-10(13)3/h4-5,7,9,12H,6,8H2,1-3H3,(H,17,18)(H,19,20)/t12-/m0/s1. The number of carboxylic acid groups (broad SMARTS) is 1. The number of carboxylic acids is 1. The lowest BCUT2D eigenvalue weighted by atomic mass is 10.0. The van der Waals surface area contributed by atoms with Crippen molar-refractivity contribution in [3.63, 3.8) is 0 Å². The Hall–Kier alpha value is -1.01. The van der Waals surface area contributed by atoms with E-state index in [1.165, 1.54) is 11.8 Å². The first-order valence-corrected chi connectivity index (χ1v) is 8.48. The van der Waals surface area contributed by atoms with Crippen LogP contribution in [0.25, 0.3) is 0 Å². The van der Waals surface area contributed by atoms with Crippen molar-refractivity contribution in [1.29, 1.82) is 0 Å². The molecule has 1 atom stereocenters. The molecular weight excluding hydrogens is 354 g/mol. The topological polar surface area (TPSA) is 66.4 Å². The number of rotatable bonds is 7. The summed E-state index contributed by atoms with van der Waals surface area (Å²) < 4.78 is 0.997. The minimum Gasteiger partial charge on any atom is -0.480 e. The Balaban J connectivity index is 2.54. The highest BCUT2D eigenvalue weighted by Crippen LogP contribution is 2.25. The Morgan fingerprint density at radius 2 is 2.05 bits per heavy atom. The second-order valence-corrected chi connectivity index (χ2v) is 7.22. The summed E-state index contributed by atoms with van der Waals surface area (Å²) in [6.07, 6.45) is 0.434. The quantitative estimate of drug-likeness (QED) is 0.718. The Labute approximate surface area is 137 Å².